The maximum atomic E-state index is 13.7. The molecule has 0 radical (unpaired) electrons. The van der Waals surface area contributed by atoms with Crippen molar-refractivity contribution in [1.82, 2.24) is 0 Å². The molecule has 0 amide bonds. The van der Waals surface area contributed by atoms with Crippen LogP contribution in [-0.4, -0.2) is 24.9 Å². The van der Waals surface area contributed by atoms with E-state index in [1.165, 1.54) is 0 Å². The Hall–Kier alpha value is -1.35. The summed E-state index contributed by atoms with van der Waals surface area (Å²) in [6.07, 6.45) is 1.76. The summed E-state index contributed by atoms with van der Waals surface area (Å²) in [6.45, 7) is 9.33. The number of hydrogen-bond acceptors (Lipinski definition) is 3. The quantitative estimate of drug-likeness (QED) is 0.268. The van der Waals surface area contributed by atoms with Gasteiger partial charge in [0.15, 0.2) is 5.75 Å². The highest BCUT2D eigenvalue weighted by molar-refractivity contribution is 6.47. The third kappa shape index (κ3) is 4.24. The van der Waals surface area contributed by atoms with E-state index in [2.05, 4.69) is 0 Å². The number of ether oxygens (including phenoxy) is 1. The van der Waals surface area contributed by atoms with Gasteiger partial charge in [-0.3, -0.25) is 0 Å². The lowest BCUT2D eigenvalue weighted by Gasteiger charge is -2.32. The maximum Gasteiger partial charge on any atom is 0.461 e. The average molecular weight is 394 g/mol. The van der Waals surface area contributed by atoms with Crippen LogP contribution in [0.15, 0.2) is 0 Å². The lowest BCUT2D eigenvalue weighted by atomic mass is 9.68. The predicted molar refractivity (Wildman–Crippen MR) is 91.1 cm³/mol. The first-order valence-corrected chi connectivity index (χ1v) is 8.92. The smallest absolute Gasteiger partial charge is 0.461 e. The van der Waals surface area contributed by atoms with Gasteiger partial charge < -0.3 is 14.0 Å². The van der Waals surface area contributed by atoms with Crippen molar-refractivity contribution in [1.29, 1.82) is 0 Å². The summed E-state index contributed by atoms with van der Waals surface area (Å²) >= 11 is 0. The van der Waals surface area contributed by atoms with E-state index < -0.39 is 53.2 Å². The molecule has 1 aliphatic rings. The third-order valence-corrected chi connectivity index (χ3v) is 5.22. The second kappa shape index (κ2) is 7.95. The van der Waals surface area contributed by atoms with Crippen LogP contribution in [0.25, 0.3) is 0 Å². The Bertz CT molecular complexity index is 651. The number of rotatable bonds is 7. The van der Waals surface area contributed by atoms with Gasteiger partial charge in [-0.15, -0.1) is 0 Å². The largest absolute Gasteiger partial charge is 0.487 e. The molecule has 0 spiro atoms. The lowest BCUT2D eigenvalue weighted by Crippen LogP contribution is -2.41. The first-order valence-electron chi connectivity index (χ1n) is 8.92. The van der Waals surface area contributed by atoms with E-state index in [9.17, 15) is 22.0 Å². The van der Waals surface area contributed by atoms with Gasteiger partial charge in [-0.2, -0.15) is 8.78 Å². The van der Waals surface area contributed by atoms with Gasteiger partial charge in [0, 0.05) is 0 Å². The van der Waals surface area contributed by atoms with E-state index in [-0.39, 0.29) is 18.8 Å². The molecule has 1 saturated heterocycles. The fourth-order valence-corrected chi connectivity index (χ4v) is 2.89. The van der Waals surface area contributed by atoms with Gasteiger partial charge >= 0.3 is 7.12 Å². The molecule has 1 heterocycles. The molecular formula is C18H24BF5O3. The zero-order chi connectivity index (χ0) is 20.6. The first-order chi connectivity index (χ1) is 12.4. The topological polar surface area (TPSA) is 27.7 Å². The van der Waals surface area contributed by atoms with Crippen LogP contribution < -0.4 is 4.74 Å². The maximum absolute atomic E-state index is 13.7. The highest BCUT2D eigenvalue weighted by Crippen LogP contribution is 2.42. The van der Waals surface area contributed by atoms with Crippen LogP contribution in [0, 0.1) is 29.1 Å². The minimum Gasteiger partial charge on any atom is -0.487 e. The lowest BCUT2D eigenvalue weighted by molar-refractivity contribution is 0.00578. The molecule has 0 saturated carbocycles. The molecule has 0 aliphatic carbocycles. The van der Waals surface area contributed by atoms with Crippen molar-refractivity contribution in [3.63, 3.8) is 0 Å². The number of hydrogen-bond donors (Lipinski definition) is 0. The molecule has 152 valence electrons. The molecule has 27 heavy (non-hydrogen) atoms. The molecule has 1 atom stereocenters. The van der Waals surface area contributed by atoms with Crippen molar-refractivity contribution in [3.05, 3.63) is 29.1 Å². The van der Waals surface area contributed by atoms with Gasteiger partial charge in [0.1, 0.15) is 0 Å². The Kier molecular flexibility index (Phi) is 6.46. The minimum atomic E-state index is -2.21. The van der Waals surface area contributed by atoms with Crippen molar-refractivity contribution in [3.8, 4) is 5.75 Å². The van der Waals surface area contributed by atoms with Crippen molar-refractivity contribution in [2.24, 2.45) is 0 Å². The molecule has 3 nitrogen and oxygen atoms in total. The molecular weight excluding hydrogens is 370 g/mol. The van der Waals surface area contributed by atoms with Crippen LogP contribution >= 0.6 is 0 Å². The monoisotopic (exact) mass is 394 g/mol. The van der Waals surface area contributed by atoms with Crippen molar-refractivity contribution in [2.75, 3.05) is 6.61 Å². The Morgan fingerprint density at radius 3 is 1.70 bits per heavy atom. The van der Waals surface area contributed by atoms with Crippen molar-refractivity contribution in [2.45, 2.75) is 70.9 Å². The summed E-state index contributed by atoms with van der Waals surface area (Å²) in [7, 11) is -0.546. The van der Waals surface area contributed by atoms with Crippen molar-refractivity contribution >= 4 is 7.12 Å². The Morgan fingerprint density at radius 1 is 0.815 bits per heavy atom. The molecule has 1 aliphatic heterocycles. The van der Waals surface area contributed by atoms with Crippen LogP contribution in [0.4, 0.5) is 22.0 Å². The highest BCUT2D eigenvalue weighted by atomic mass is 19.2. The van der Waals surface area contributed by atoms with E-state index in [0.29, 0.717) is 6.42 Å². The standard InChI is InChI=1S/C18H24BF5O3/c1-6-7-10(19-26-17(2,3)18(4,5)27-19)8-9-25-16-14(23)12(21)11(20)13(22)15(16)24/h10H,6-9H2,1-5H3/t10-/m1/s1. The molecule has 1 aromatic rings. The Labute approximate surface area is 156 Å². The Morgan fingerprint density at radius 2 is 1.26 bits per heavy atom. The summed E-state index contributed by atoms with van der Waals surface area (Å²) in [6, 6.07) is 0. The fourth-order valence-electron chi connectivity index (χ4n) is 2.89. The van der Waals surface area contributed by atoms with E-state index in [1.54, 1.807) is 0 Å². The molecule has 0 N–H and O–H groups in total. The van der Waals surface area contributed by atoms with Crippen LogP contribution in [0.2, 0.25) is 5.82 Å². The van der Waals surface area contributed by atoms with Gasteiger partial charge in [-0.05, 0) is 39.9 Å². The minimum absolute atomic E-state index is 0.155. The molecule has 9 heteroatoms. The second-order valence-corrected chi connectivity index (χ2v) is 7.71. The zero-order valence-electron chi connectivity index (χ0n) is 16.1. The average Bonchev–Trinajstić information content (AvgIpc) is 2.81. The molecule has 0 aromatic heterocycles. The highest BCUT2D eigenvalue weighted by Gasteiger charge is 2.53. The molecule has 0 unspecified atom stereocenters. The SMILES string of the molecule is CCC[C@H](CCOc1c(F)c(F)c(F)c(F)c1F)B1OC(C)(C)C(C)(C)O1. The number of halogens is 5. The molecule has 1 fully saturated rings. The van der Waals surface area contributed by atoms with Gasteiger partial charge in [0.2, 0.25) is 29.1 Å². The van der Waals surface area contributed by atoms with Crippen LogP contribution in [0.1, 0.15) is 53.9 Å². The third-order valence-electron chi connectivity index (χ3n) is 5.22. The molecule has 2 rings (SSSR count). The normalized spacial score (nSPS) is 19.4. The van der Waals surface area contributed by atoms with Crippen molar-refractivity contribution < 1.29 is 36.0 Å². The second-order valence-electron chi connectivity index (χ2n) is 7.71. The summed E-state index contributed by atoms with van der Waals surface area (Å²) < 4.78 is 83.8. The van der Waals surface area contributed by atoms with Crippen LogP contribution in [0.5, 0.6) is 5.75 Å². The Balaban J connectivity index is 2.09. The van der Waals surface area contributed by atoms with Crippen LogP contribution in [0.3, 0.4) is 0 Å². The zero-order valence-corrected chi connectivity index (χ0v) is 16.1. The summed E-state index contributed by atoms with van der Waals surface area (Å²) in [4.78, 5) is 0. The first kappa shape index (κ1) is 21.9. The van der Waals surface area contributed by atoms with Gasteiger partial charge in [-0.25, -0.2) is 13.2 Å². The van der Waals surface area contributed by atoms with Gasteiger partial charge in [0.05, 0.1) is 17.8 Å². The van der Waals surface area contributed by atoms with E-state index in [4.69, 9.17) is 14.0 Å². The fraction of sp³-hybridized carbons (Fsp3) is 0.667. The van der Waals surface area contributed by atoms with E-state index in [0.717, 1.165) is 6.42 Å². The van der Waals surface area contributed by atoms with Gasteiger partial charge in [-0.1, -0.05) is 19.8 Å². The van der Waals surface area contributed by atoms with Gasteiger partial charge in [0.25, 0.3) is 0 Å². The summed E-state index contributed by atoms with van der Waals surface area (Å²) in [5.74, 6) is -11.6. The summed E-state index contributed by atoms with van der Waals surface area (Å²) in [5.41, 5.74) is -1.07. The predicted octanol–water partition coefficient (Wildman–Crippen LogP) is 5.41. The molecule has 1 aromatic carbocycles. The number of benzene rings is 1. The van der Waals surface area contributed by atoms with Crippen LogP contribution in [-0.2, 0) is 9.31 Å². The summed E-state index contributed by atoms with van der Waals surface area (Å²) in [5, 5.41) is 0. The van der Waals surface area contributed by atoms with E-state index >= 15 is 0 Å². The van der Waals surface area contributed by atoms with E-state index in [1.807, 2.05) is 34.6 Å². The molecule has 0 bridgehead atoms.